The maximum Gasteiger partial charge on any atom is 0.344 e. The Morgan fingerprint density at radius 2 is 1.96 bits per heavy atom. The Kier molecular flexibility index (Phi) is 5.28. The van der Waals surface area contributed by atoms with Crippen molar-refractivity contribution < 1.29 is 19.4 Å². The molecule has 0 saturated carbocycles. The maximum absolute atomic E-state index is 11.8. The number of aromatic nitrogens is 2. The predicted molar refractivity (Wildman–Crippen MR) is 84.7 cm³/mol. The number of aliphatic hydroxyl groups excluding tert-OH is 1. The molecule has 1 heterocycles. The van der Waals surface area contributed by atoms with Crippen LogP contribution in [0.3, 0.4) is 0 Å². The van der Waals surface area contributed by atoms with Gasteiger partial charge in [0.2, 0.25) is 0 Å². The van der Waals surface area contributed by atoms with E-state index in [-0.39, 0.29) is 13.2 Å². The van der Waals surface area contributed by atoms with E-state index < -0.39 is 11.6 Å². The molecule has 23 heavy (non-hydrogen) atoms. The van der Waals surface area contributed by atoms with Gasteiger partial charge in [0.25, 0.3) is 0 Å². The van der Waals surface area contributed by atoms with Crippen LogP contribution in [-0.2, 0) is 16.1 Å². The van der Waals surface area contributed by atoms with Crippen LogP contribution in [0.1, 0.15) is 26.5 Å². The third kappa shape index (κ3) is 5.03. The Morgan fingerprint density at radius 1 is 1.22 bits per heavy atom. The second-order valence-corrected chi connectivity index (χ2v) is 5.90. The summed E-state index contributed by atoms with van der Waals surface area (Å²) in [5, 5.41) is 9.18. The van der Waals surface area contributed by atoms with Crippen LogP contribution in [0.15, 0.2) is 36.5 Å². The quantitative estimate of drug-likeness (QED) is 0.853. The number of aliphatic hydroxyl groups is 1. The van der Waals surface area contributed by atoms with Gasteiger partial charge in [-0.25, -0.2) is 14.8 Å². The highest BCUT2D eigenvalue weighted by Crippen LogP contribution is 2.27. The predicted octanol–water partition coefficient (Wildman–Crippen LogP) is 2.36. The molecule has 0 aliphatic carbocycles. The van der Waals surface area contributed by atoms with Crippen molar-refractivity contribution in [2.24, 2.45) is 0 Å². The summed E-state index contributed by atoms with van der Waals surface area (Å²) in [6, 6.07) is 8.78. The Bertz CT molecular complexity index is 680. The van der Waals surface area contributed by atoms with E-state index in [9.17, 15) is 9.90 Å². The average molecular weight is 316 g/mol. The molecule has 0 aliphatic heterocycles. The lowest BCUT2D eigenvalue weighted by atomic mass is 10.2. The fraction of sp³-hybridized carbons (Fsp3) is 0.353. The van der Waals surface area contributed by atoms with Gasteiger partial charge in [-0.3, -0.25) is 0 Å². The summed E-state index contributed by atoms with van der Waals surface area (Å²) in [7, 11) is 0. The normalized spacial score (nSPS) is 11.1. The third-order valence-electron chi connectivity index (χ3n) is 2.77. The molecule has 122 valence electrons. The first kappa shape index (κ1) is 16.9. The highest BCUT2D eigenvalue weighted by Gasteiger charge is 2.17. The minimum atomic E-state index is -0.557. The van der Waals surface area contributed by atoms with Gasteiger partial charge in [0.1, 0.15) is 11.4 Å². The van der Waals surface area contributed by atoms with Crippen LogP contribution in [-0.4, -0.2) is 33.3 Å². The summed E-state index contributed by atoms with van der Waals surface area (Å²) in [6.07, 6.45) is 1.57. The lowest BCUT2D eigenvalue weighted by Crippen LogP contribution is -2.27. The Balaban J connectivity index is 2.16. The van der Waals surface area contributed by atoms with Crippen LogP contribution in [0.5, 0.6) is 5.75 Å². The summed E-state index contributed by atoms with van der Waals surface area (Å²) >= 11 is 0. The van der Waals surface area contributed by atoms with Gasteiger partial charge < -0.3 is 14.6 Å². The van der Waals surface area contributed by atoms with Gasteiger partial charge in [-0.05, 0) is 39.0 Å². The van der Waals surface area contributed by atoms with Gasteiger partial charge in [-0.15, -0.1) is 0 Å². The van der Waals surface area contributed by atoms with E-state index in [0.29, 0.717) is 22.8 Å². The van der Waals surface area contributed by atoms with Crippen molar-refractivity contribution in [2.45, 2.75) is 33.0 Å². The van der Waals surface area contributed by atoms with Crippen LogP contribution in [0.4, 0.5) is 0 Å². The average Bonchev–Trinajstić information content (AvgIpc) is 2.51. The van der Waals surface area contributed by atoms with E-state index >= 15 is 0 Å². The zero-order valence-corrected chi connectivity index (χ0v) is 13.4. The van der Waals surface area contributed by atoms with Gasteiger partial charge in [-0.2, -0.15) is 0 Å². The molecule has 2 aromatic rings. The van der Waals surface area contributed by atoms with Crippen LogP contribution in [0.2, 0.25) is 0 Å². The molecule has 0 unspecified atom stereocenters. The molecular weight excluding hydrogens is 296 g/mol. The molecule has 0 radical (unpaired) electrons. The van der Waals surface area contributed by atoms with E-state index in [1.807, 2.05) is 6.07 Å². The number of para-hydroxylation sites is 1. The molecule has 1 aromatic carbocycles. The number of benzene rings is 1. The van der Waals surface area contributed by atoms with E-state index in [0.717, 1.165) is 0 Å². The summed E-state index contributed by atoms with van der Waals surface area (Å²) in [4.78, 5) is 20.2. The second kappa shape index (κ2) is 7.19. The third-order valence-corrected chi connectivity index (χ3v) is 2.77. The number of hydrogen-bond donors (Lipinski definition) is 1. The van der Waals surface area contributed by atoms with Gasteiger partial charge in [-0.1, -0.05) is 12.1 Å². The highest BCUT2D eigenvalue weighted by atomic mass is 16.6. The second-order valence-electron chi connectivity index (χ2n) is 5.90. The Labute approximate surface area is 135 Å². The van der Waals surface area contributed by atoms with Gasteiger partial charge in [0.15, 0.2) is 12.4 Å². The molecule has 1 N–H and O–H groups in total. The summed E-state index contributed by atoms with van der Waals surface area (Å²) < 4.78 is 10.8. The molecule has 6 nitrogen and oxygen atoms in total. The molecule has 0 amide bonds. The zero-order chi connectivity index (χ0) is 16.9. The summed E-state index contributed by atoms with van der Waals surface area (Å²) in [5.74, 6) is 0.460. The van der Waals surface area contributed by atoms with E-state index in [4.69, 9.17) is 9.47 Å². The molecule has 0 aliphatic rings. The monoisotopic (exact) mass is 316 g/mol. The van der Waals surface area contributed by atoms with Crippen molar-refractivity contribution in [3.8, 4) is 17.1 Å². The smallest absolute Gasteiger partial charge is 0.344 e. The first-order valence-corrected chi connectivity index (χ1v) is 7.26. The summed E-state index contributed by atoms with van der Waals surface area (Å²) in [6.45, 7) is 5.03. The van der Waals surface area contributed by atoms with Crippen molar-refractivity contribution in [3.63, 3.8) is 0 Å². The number of ether oxygens (including phenoxy) is 2. The van der Waals surface area contributed by atoms with Crippen molar-refractivity contribution in [2.75, 3.05) is 6.61 Å². The van der Waals surface area contributed by atoms with Crippen LogP contribution < -0.4 is 4.74 Å². The van der Waals surface area contributed by atoms with Crippen molar-refractivity contribution in [1.29, 1.82) is 0 Å². The fourth-order valence-corrected chi connectivity index (χ4v) is 1.90. The molecule has 2 rings (SSSR count). The minimum absolute atomic E-state index is 0.170. The van der Waals surface area contributed by atoms with Gasteiger partial charge >= 0.3 is 5.97 Å². The Morgan fingerprint density at radius 3 is 2.65 bits per heavy atom. The zero-order valence-electron chi connectivity index (χ0n) is 13.4. The van der Waals surface area contributed by atoms with E-state index in [2.05, 4.69) is 9.97 Å². The topological polar surface area (TPSA) is 81.5 Å². The number of carbonyl (C=O) groups is 1. The lowest BCUT2D eigenvalue weighted by Gasteiger charge is -2.19. The van der Waals surface area contributed by atoms with Crippen molar-refractivity contribution in [3.05, 3.63) is 42.2 Å². The molecule has 0 spiro atoms. The number of nitrogens with zero attached hydrogens (tertiary/aromatic N) is 2. The number of carbonyl (C=O) groups excluding carboxylic acids is 1. The first-order chi connectivity index (χ1) is 10.9. The SMILES string of the molecule is CC(C)(C)OC(=O)COc1ccccc1-c1nccc(CO)n1. The maximum atomic E-state index is 11.8. The minimum Gasteiger partial charge on any atom is -0.481 e. The standard InChI is InChI=1S/C17H20N2O4/c1-17(2,3)23-15(21)11-22-14-7-5-4-6-13(14)16-18-9-8-12(10-20)19-16/h4-9,20H,10-11H2,1-3H3. The van der Waals surface area contributed by atoms with Crippen LogP contribution in [0.25, 0.3) is 11.4 Å². The van der Waals surface area contributed by atoms with Gasteiger partial charge in [0.05, 0.1) is 17.9 Å². The molecular formula is C17H20N2O4. The molecule has 0 atom stereocenters. The number of rotatable bonds is 5. The fourth-order valence-electron chi connectivity index (χ4n) is 1.90. The number of hydrogen-bond acceptors (Lipinski definition) is 6. The first-order valence-electron chi connectivity index (χ1n) is 7.26. The number of esters is 1. The highest BCUT2D eigenvalue weighted by molar-refractivity contribution is 5.72. The summed E-state index contributed by atoms with van der Waals surface area (Å²) in [5.41, 5.74) is 0.599. The molecule has 0 fully saturated rings. The van der Waals surface area contributed by atoms with E-state index in [1.54, 1.807) is 51.2 Å². The van der Waals surface area contributed by atoms with E-state index in [1.165, 1.54) is 0 Å². The largest absolute Gasteiger partial charge is 0.481 e. The molecule has 1 aromatic heterocycles. The van der Waals surface area contributed by atoms with Gasteiger partial charge in [0, 0.05) is 6.20 Å². The van der Waals surface area contributed by atoms with Crippen molar-refractivity contribution >= 4 is 5.97 Å². The van der Waals surface area contributed by atoms with Crippen LogP contribution >= 0.6 is 0 Å². The lowest BCUT2D eigenvalue weighted by molar-refractivity contribution is -0.157. The van der Waals surface area contributed by atoms with Crippen molar-refractivity contribution in [1.82, 2.24) is 9.97 Å². The molecule has 6 heteroatoms. The Hall–Kier alpha value is -2.47. The molecule has 0 saturated heterocycles. The molecule has 0 bridgehead atoms. The van der Waals surface area contributed by atoms with Crippen LogP contribution in [0, 0.1) is 0 Å².